The molecule has 1 saturated carbocycles. The van der Waals surface area contributed by atoms with Crippen LogP contribution >= 0.6 is 0 Å². The van der Waals surface area contributed by atoms with Gasteiger partial charge in [-0.25, -0.2) is 4.98 Å². The molecule has 1 aromatic heterocycles. The van der Waals surface area contributed by atoms with Gasteiger partial charge in [0.05, 0.1) is 0 Å². The first kappa shape index (κ1) is 20.4. The van der Waals surface area contributed by atoms with E-state index in [0.717, 1.165) is 43.1 Å². The largest absolute Gasteiger partial charge is 0.474 e. The molecule has 1 aromatic carbocycles. The van der Waals surface area contributed by atoms with Crippen molar-refractivity contribution in [1.29, 1.82) is 0 Å². The summed E-state index contributed by atoms with van der Waals surface area (Å²) in [5.41, 5.74) is 1.07. The van der Waals surface area contributed by atoms with Crippen molar-refractivity contribution in [1.82, 2.24) is 9.97 Å². The summed E-state index contributed by atoms with van der Waals surface area (Å²) in [6.07, 6.45) is -0.499. The lowest BCUT2D eigenvalue weighted by atomic mass is 10.0. The molecule has 0 spiro atoms. The van der Waals surface area contributed by atoms with Gasteiger partial charge in [-0.2, -0.15) is 18.2 Å². The molecule has 4 nitrogen and oxygen atoms in total. The smallest absolute Gasteiger partial charge is 0.423 e. The van der Waals surface area contributed by atoms with Crippen molar-refractivity contribution in [2.45, 2.75) is 64.7 Å². The van der Waals surface area contributed by atoms with E-state index in [0.29, 0.717) is 12.5 Å². The molecule has 2 aromatic rings. The standard InChI is InChI=1S/C21H26F3N3O/c1-4-27(16-9-7-8-15(12-16)14(2)3)20-25-13-18(21(22,23)24)19(26-20)28-17-10-5-6-11-17/h7-9,12-14,17H,4-6,10-11H2,1-3H3. The van der Waals surface area contributed by atoms with Crippen molar-refractivity contribution in [2.24, 2.45) is 0 Å². The Balaban J connectivity index is 1.98. The lowest BCUT2D eigenvalue weighted by molar-refractivity contribution is -0.139. The van der Waals surface area contributed by atoms with E-state index in [2.05, 4.69) is 23.8 Å². The molecule has 7 heteroatoms. The zero-order chi connectivity index (χ0) is 20.3. The van der Waals surface area contributed by atoms with E-state index >= 15 is 0 Å². The van der Waals surface area contributed by atoms with Gasteiger partial charge in [-0.3, -0.25) is 0 Å². The minimum Gasteiger partial charge on any atom is -0.474 e. The van der Waals surface area contributed by atoms with Crippen molar-refractivity contribution in [2.75, 3.05) is 11.4 Å². The summed E-state index contributed by atoms with van der Waals surface area (Å²) < 4.78 is 46.0. The highest BCUT2D eigenvalue weighted by Crippen LogP contribution is 2.38. The first-order valence-corrected chi connectivity index (χ1v) is 9.78. The van der Waals surface area contributed by atoms with Crippen LogP contribution in [0, 0.1) is 0 Å². The molecule has 28 heavy (non-hydrogen) atoms. The summed E-state index contributed by atoms with van der Waals surface area (Å²) in [4.78, 5) is 10.0. The Kier molecular flexibility index (Phi) is 6.10. The van der Waals surface area contributed by atoms with Crippen LogP contribution in [-0.4, -0.2) is 22.6 Å². The monoisotopic (exact) mass is 393 g/mol. The van der Waals surface area contributed by atoms with Gasteiger partial charge in [0.25, 0.3) is 0 Å². The van der Waals surface area contributed by atoms with Crippen LogP contribution in [0.25, 0.3) is 0 Å². The van der Waals surface area contributed by atoms with Gasteiger partial charge in [0.15, 0.2) is 0 Å². The number of hydrogen-bond acceptors (Lipinski definition) is 4. The molecule has 152 valence electrons. The topological polar surface area (TPSA) is 38.2 Å². The normalized spacial score (nSPS) is 15.2. The number of halogens is 3. The number of aromatic nitrogens is 2. The third-order valence-electron chi connectivity index (χ3n) is 5.03. The number of ether oxygens (including phenoxy) is 1. The first-order chi connectivity index (χ1) is 13.3. The number of nitrogens with zero attached hydrogens (tertiary/aromatic N) is 3. The number of benzene rings is 1. The quantitative estimate of drug-likeness (QED) is 0.594. The van der Waals surface area contributed by atoms with Crippen LogP contribution in [0.2, 0.25) is 0 Å². The van der Waals surface area contributed by atoms with Crippen molar-refractivity contribution >= 4 is 11.6 Å². The van der Waals surface area contributed by atoms with Gasteiger partial charge in [0.1, 0.15) is 11.7 Å². The molecule has 3 rings (SSSR count). The molecule has 0 amide bonds. The zero-order valence-corrected chi connectivity index (χ0v) is 16.5. The molecule has 1 heterocycles. The molecule has 1 fully saturated rings. The van der Waals surface area contributed by atoms with Crippen molar-refractivity contribution in [3.05, 3.63) is 41.6 Å². The molecule has 0 radical (unpaired) electrons. The Hall–Kier alpha value is -2.31. The maximum atomic E-state index is 13.4. The minimum atomic E-state index is -4.55. The van der Waals surface area contributed by atoms with Crippen LogP contribution in [0.1, 0.15) is 63.5 Å². The Labute approximate surface area is 163 Å². The SMILES string of the molecule is CCN(c1cccc(C(C)C)c1)c1ncc(C(F)(F)F)c(OC2CCCC2)n1. The van der Waals surface area contributed by atoms with Crippen molar-refractivity contribution in [3.63, 3.8) is 0 Å². The lowest BCUT2D eigenvalue weighted by Gasteiger charge is -2.24. The number of rotatable bonds is 6. The highest BCUT2D eigenvalue weighted by molar-refractivity contribution is 5.59. The molecule has 0 unspecified atom stereocenters. The van der Waals surface area contributed by atoms with Crippen LogP contribution < -0.4 is 9.64 Å². The fraction of sp³-hybridized carbons (Fsp3) is 0.524. The van der Waals surface area contributed by atoms with E-state index in [9.17, 15) is 13.2 Å². The predicted octanol–water partition coefficient (Wildman–Crippen LogP) is 6.10. The van der Waals surface area contributed by atoms with Crippen LogP contribution in [0.15, 0.2) is 30.5 Å². The van der Waals surface area contributed by atoms with E-state index < -0.39 is 11.7 Å². The summed E-state index contributed by atoms with van der Waals surface area (Å²) in [5.74, 6) is 0.181. The van der Waals surface area contributed by atoms with Crippen LogP contribution in [0.4, 0.5) is 24.8 Å². The van der Waals surface area contributed by atoms with E-state index in [-0.39, 0.29) is 17.9 Å². The molecule has 0 saturated heterocycles. The Morgan fingerprint density at radius 3 is 2.54 bits per heavy atom. The predicted molar refractivity (Wildman–Crippen MR) is 103 cm³/mol. The van der Waals surface area contributed by atoms with Gasteiger partial charge in [-0.1, -0.05) is 26.0 Å². The van der Waals surface area contributed by atoms with Gasteiger partial charge < -0.3 is 9.64 Å². The third-order valence-corrected chi connectivity index (χ3v) is 5.03. The Morgan fingerprint density at radius 2 is 1.93 bits per heavy atom. The maximum absolute atomic E-state index is 13.4. The number of hydrogen-bond donors (Lipinski definition) is 0. The van der Waals surface area contributed by atoms with Crippen molar-refractivity contribution in [3.8, 4) is 5.88 Å². The number of anilines is 2. The van der Waals surface area contributed by atoms with Crippen LogP contribution in [-0.2, 0) is 6.18 Å². The summed E-state index contributed by atoms with van der Waals surface area (Å²) in [5, 5.41) is 0. The van der Waals surface area contributed by atoms with Crippen LogP contribution in [0.5, 0.6) is 5.88 Å². The fourth-order valence-electron chi connectivity index (χ4n) is 3.43. The molecule has 0 N–H and O–H groups in total. The summed E-state index contributed by atoms with van der Waals surface area (Å²) in [6, 6.07) is 7.90. The molecule has 1 aliphatic carbocycles. The Morgan fingerprint density at radius 1 is 1.21 bits per heavy atom. The lowest BCUT2D eigenvalue weighted by Crippen LogP contribution is -2.22. The zero-order valence-electron chi connectivity index (χ0n) is 16.5. The summed E-state index contributed by atoms with van der Waals surface area (Å²) in [7, 11) is 0. The van der Waals surface area contributed by atoms with Crippen molar-refractivity contribution < 1.29 is 17.9 Å². The Bertz CT molecular complexity index is 802. The first-order valence-electron chi connectivity index (χ1n) is 9.78. The van der Waals surface area contributed by atoms with E-state index in [4.69, 9.17) is 4.74 Å². The fourth-order valence-corrected chi connectivity index (χ4v) is 3.43. The average molecular weight is 393 g/mol. The van der Waals surface area contributed by atoms with E-state index in [1.54, 1.807) is 4.90 Å². The van der Waals surface area contributed by atoms with Gasteiger partial charge in [-0.05, 0) is 56.2 Å². The maximum Gasteiger partial charge on any atom is 0.423 e. The minimum absolute atomic E-state index is 0.212. The van der Waals surface area contributed by atoms with E-state index in [1.807, 2.05) is 31.2 Å². The second-order valence-electron chi connectivity index (χ2n) is 7.40. The second-order valence-corrected chi connectivity index (χ2v) is 7.40. The van der Waals surface area contributed by atoms with Gasteiger partial charge >= 0.3 is 6.18 Å². The van der Waals surface area contributed by atoms with Gasteiger partial charge in [0.2, 0.25) is 11.8 Å². The molecular formula is C21H26F3N3O. The molecule has 0 atom stereocenters. The average Bonchev–Trinajstić information content (AvgIpc) is 3.15. The third kappa shape index (κ3) is 4.56. The van der Waals surface area contributed by atoms with E-state index in [1.165, 1.54) is 0 Å². The van der Waals surface area contributed by atoms with Crippen LogP contribution in [0.3, 0.4) is 0 Å². The highest BCUT2D eigenvalue weighted by Gasteiger charge is 2.37. The second kappa shape index (κ2) is 8.37. The van der Waals surface area contributed by atoms with Gasteiger partial charge in [-0.15, -0.1) is 0 Å². The summed E-state index contributed by atoms with van der Waals surface area (Å²) >= 11 is 0. The molecule has 0 aliphatic heterocycles. The summed E-state index contributed by atoms with van der Waals surface area (Å²) in [6.45, 7) is 6.63. The number of alkyl halides is 3. The highest BCUT2D eigenvalue weighted by atomic mass is 19.4. The van der Waals surface area contributed by atoms with Gasteiger partial charge in [0, 0.05) is 18.4 Å². The molecule has 1 aliphatic rings. The molecular weight excluding hydrogens is 367 g/mol. The molecule has 0 bridgehead atoms.